The van der Waals surface area contributed by atoms with Gasteiger partial charge in [-0.25, -0.2) is 0 Å². The molecule has 4 aromatic rings. The van der Waals surface area contributed by atoms with Crippen LogP contribution in [0.1, 0.15) is 64.3 Å². The minimum absolute atomic E-state index is 0.227. The molecule has 0 aliphatic rings. The quantitative estimate of drug-likeness (QED) is 0.0566. The van der Waals surface area contributed by atoms with Crippen LogP contribution in [0.15, 0.2) is 83.7 Å². The van der Waals surface area contributed by atoms with Crippen LogP contribution in [-0.4, -0.2) is 51.5 Å². The lowest BCUT2D eigenvalue weighted by Crippen LogP contribution is -2.55. The molecule has 15 heteroatoms. The molecule has 0 radical (unpaired) electrons. The normalized spacial score (nSPS) is 14.4. The van der Waals surface area contributed by atoms with E-state index in [1.54, 1.807) is 32.9 Å². The average Bonchev–Trinajstić information content (AvgIpc) is 3.04. The predicted molar refractivity (Wildman–Crippen MR) is 195 cm³/mol. The number of carbonyl (C=O) groups excluding carboxylic acids is 1. The van der Waals surface area contributed by atoms with Gasteiger partial charge in [0.15, 0.2) is 0 Å². The fourth-order valence-electron chi connectivity index (χ4n) is 5.14. The molecule has 0 saturated heterocycles. The number of hydrogen-bond donors (Lipinski definition) is 2. The zero-order valence-corrected chi connectivity index (χ0v) is 32.0. The maximum Gasteiger partial charge on any atom is 0.534 e. The van der Waals surface area contributed by atoms with Crippen LogP contribution in [0.25, 0.3) is 10.9 Å². The second-order valence-corrected chi connectivity index (χ2v) is 20.3. The molecule has 2 N–H and O–H groups in total. The summed E-state index contributed by atoms with van der Waals surface area (Å²) in [5.41, 5.74) is -4.21. The van der Waals surface area contributed by atoms with Gasteiger partial charge in [0.25, 0.3) is 0 Å². The van der Waals surface area contributed by atoms with Gasteiger partial charge in [-0.05, 0) is 86.3 Å². The van der Waals surface area contributed by atoms with Crippen molar-refractivity contribution < 1.29 is 44.5 Å². The molecule has 0 amide bonds. The van der Waals surface area contributed by atoms with Gasteiger partial charge in [-0.15, -0.1) is 0 Å². The first-order valence-electron chi connectivity index (χ1n) is 16.6. The van der Waals surface area contributed by atoms with Crippen LogP contribution in [0.3, 0.4) is 0 Å². The van der Waals surface area contributed by atoms with E-state index in [-0.39, 0.29) is 18.7 Å². The van der Waals surface area contributed by atoms with E-state index in [0.717, 1.165) is 17.7 Å². The number of ether oxygens (including phenoxy) is 2. The first-order valence-corrected chi connectivity index (χ1v) is 20.5. The van der Waals surface area contributed by atoms with Crippen molar-refractivity contribution >= 4 is 34.9 Å². The molecule has 1 unspecified atom stereocenters. The zero-order valence-electron chi connectivity index (χ0n) is 30.2. The lowest BCUT2D eigenvalue weighted by atomic mass is 10.0. The summed E-state index contributed by atoms with van der Waals surface area (Å²) in [6, 6.07) is 21.6. The largest absolute Gasteiger partial charge is 0.534 e. The van der Waals surface area contributed by atoms with Gasteiger partial charge < -0.3 is 28.4 Å². The summed E-state index contributed by atoms with van der Waals surface area (Å²) in [6.45, 7) is 13.9. The van der Waals surface area contributed by atoms with Crippen LogP contribution in [-0.2, 0) is 32.3 Å². The monoisotopic (exact) mass is 762 g/mol. The standard InChI is InChI=1S/C37H45F3N2O8SSi/c1-35(2,3)48-34(44)52(7,36(4,5)6)50-31(23-41-22-21-25-13-15-27(16-14-25)49-51(45,46)37(38,39)40)28-17-19-30(33-29(28)18-20-32(43)42-33)47-24-26-11-9-8-10-12-26/h8-20,31,41H,21-24H2,1-7H3,(H,42,43)/t31-,52?/m0/s1. The fourth-order valence-corrected chi connectivity index (χ4v) is 7.94. The molecule has 10 nitrogen and oxygen atoms in total. The van der Waals surface area contributed by atoms with Gasteiger partial charge in [0.05, 0.1) is 11.6 Å². The number of H-pyrrole nitrogens is 1. The second kappa shape index (κ2) is 15.8. The van der Waals surface area contributed by atoms with Gasteiger partial charge >= 0.3 is 29.5 Å². The van der Waals surface area contributed by atoms with E-state index in [4.69, 9.17) is 13.9 Å². The van der Waals surface area contributed by atoms with Crippen molar-refractivity contribution in [3.05, 3.63) is 106 Å². The summed E-state index contributed by atoms with van der Waals surface area (Å²) in [6.07, 6.45) is -0.289. The molecule has 52 heavy (non-hydrogen) atoms. The van der Waals surface area contributed by atoms with Crippen molar-refractivity contribution in [1.29, 1.82) is 0 Å². The van der Waals surface area contributed by atoms with Crippen molar-refractivity contribution in [2.75, 3.05) is 13.1 Å². The van der Waals surface area contributed by atoms with E-state index in [2.05, 4.69) is 14.5 Å². The topological polar surface area (TPSA) is 133 Å². The van der Waals surface area contributed by atoms with E-state index < -0.39 is 52.0 Å². The first-order chi connectivity index (χ1) is 24.1. The number of hydrogen-bond acceptors (Lipinski definition) is 9. The number of aromatic nitrogens is 1. The molecule has 282 valence electrons. The third kappa shape index (κ3) is 10.2. The molecule has 0 aliphatic heterocycles. The van der Waals surface area contributed by atoms with E-state index in [9.17, 15) is 31.2 Å². The Bertz CT molecular complexity index is 2010. The molecule has 0 fully saturated rings. The molecular weight excluding hydrogens is 718 g/mol. The number of pyridine rings is 1. The van der Waals surface area contributed by atoms with Crippen LogP contribution in [0.2, 0.25) is 11.6 Å². The van der Waals surface area contributed by atoms with Crippen LogP contribution in [0.5, 0.6) is 11.5 Å². The zero-order chi connectivity index (χ0) is 38.5. The third-order valence-corrected chi connectivity index (χ3v) is 13.9. The summed E-state index contributed by atoms with van der Waals surface area (Å²) in [4.78, 5) is 29.3. The highest BCUT2D eigenvalue weighted by atomic mass is 32.2. The number of benzene rings is 3. The Hall–Kier alpha value is -4.18. The molecule has 0 spiro atoms. The number of carbonyl (C=O) groups is 1. The number of fused-ring (bicyclic) bond motifs is 1. The van der Waals surface area contributed by atoms with Crippen LogP contribution in [0, 0.1) is 0 Å². The van der Waals surface area contributed by atoms with Crippen molar-refractivity contribution in [3.8, 4) is 11.5 Å². The predicted octanol–water partition coefficient (Wildman–Crippen LogP) is 8.12. The number of halogens is 3. The third-order valence-electron chi connectivity index (χ3n) is 8.41. The minimum Gasteiger partial charge on any atom is -0.487 e. The lowest BCUT2D eigenvalue weighted by Gasteiger charge is -2.41. The van der Waals surface area contributed by atoms with Crippen molar-refractivity contribution in [2.24, 2.45) is 0 Å². The van der Waals surface area contributed by atoms with Gasteiger partial charge in [0, 0.05) is 18.0 Å². The van der Waals surface area contributed by atoms with Gasteiger partial charge in [-0.1, -0.05) is 69.3 Å². The maximum atomic E-state index is 13.9. The SMILES string of the molecule is CC(C)(C)OC(=O)[Si](C)(O[C@@H](CNCCc1ccc(OS(=O)(=O)C(F)(F)F)cc1)c1ccc(OCc2ccccc2)c2[nH]c(=O)ccc12)C(C)(C)C. The molecule has 0 bridgehead atoms. The Balaban J connectivity index is 1.64. The molecule has 1 heterocycles. The average molecular weight is 763 g/mol. The second-order valence-electron chi connectivity index (χ2n) is 14.5. The summed E-state index contributed by atoms with van der Waals surface area (Å²) in [5.74, 6) is 0.00243. The van der Waals surface area contributed by atoms with E-state index in [1.165, 1.54) is 18.2 Å². The highest BCUT2D eigenvalue weighted by Crippen LogP contribution is 2.43. The number of alkyl halides is 3. The summed E-state index contributed by atoms with van der Waals surface area (Å²) in [7, 11) is -9.18. The Kier molecular flexibility index (Phi) is 12.3. The molecule has 2 atom stereocenters. The highest BCUT2D eigenvalue weighted by molar-refractivity contribution is 7.88. The Labute approximate surface area is 302 Å². The van der Waals surface area contributed by atoms with E-state index >= 15 is 0 Å². The number of rotatable bonds is 14. The Morgan fingerprint density at radius 1 is 0.885 bits per heavy atom. The molecule has 0 saturated carbocycles. The van der Waals surface area contributed by atoms with Crippen LogP contribution < -0.4 is 19.8 Å². The first kappa shape index (κ1) is 40.6. The Morgan fingerprint density at radius 2 is 1.54 bits per heavy atom. The smallest absolute Gasteiger partial charge is 0.487 e. The van der Waals surface area contributed by atoms with Crippen molar-refractivity contribution in [2.45, 2.75) is 83.4 Å². The van der Waals surface area contributed by atoms with Gasteiger partial charge in [0.1, 0.15) is 23.7 Å². The van der Waals surface area contributed by atoms with Crippen molar-refractivity contribution in [3.63, 3.8) is 0 Å². The fraction of sp³-hybridized carbons (Fsp3) is 0.405. The summed E-state index contributed by atoms with van der Waals surface area (Å²) < 4.78 is 84.1. The molecule has 4 rings (SSSR count). The molecule has 1 aromatic heterocycles. The summed E-state index contributed by atoms with van der Waals surface area (Å²) >= 11 is 0. The molecular formula is C37H45F3N2O8SSi. The van der Waals surface area contributed by atoms with Crippen LogP contribution >= 0.6 is 0 Å². The summed E-state index contributed by atoms with van der Waals surface area (Å²) in [5, 5.41) is 3.44. The maximum absolute atomic E-state index is 13.9. The number of nitrogens with one attached hydrogen (secondary N) is 2. The lowest BCUT2D eigenvalue weighted by molar-refractivity contribution is -0.0500. The molecule has 3 aromatic carbocycles. The van der Waals surface area contributed by atoms with Gasteiger partial charge in [-0.3, -0.25) is 9.59 Å². The van der Waals surface area contributed by atoms with Gasteiger partial charge in [0.2, 0.25) is 5.56 Å². The van der Waals surface area contributed by atoms with E-state index in [1.807, 2.05) is 63.7 Å². The van der Waals surface area contributed by atoms with E-state index in [0.29, 0.717) is 40.7 Å². The Morgan fingerprint density at radius 3 is 2.13 bits per heavy atom. The van der Waals surface area contributed by atoms with Gasteiger partial charge in [-0.2, -0.15) is 21.6 Å². The molecule has 0 aliphatic carbocycles. The number of aromatic amines is 1. The van der Waals surface area contributed by atoms with Crippen LogP contribution in [0.4, 0.5) is 18.0 Å². The van der Waals surface area contributed by atoms with Crippen molar-refractivity contribution in [1.82, 2.24) is 10.3 Å². The minimum atomic E-state index is -5.78. The highest BCUT2D eigenvalue weighted by Gasteiger charge is 2.54.